The van der Waals surface area contributed by atoms with Gasteiger partial charge in [-0.1, -0.05) is 55.5 Å². The average molecular weight is 534 g/mol. The van der Waals surface area contributed by atoms with Crippen molar-refractivity contribution in [1.29, 1.82) is 0 Å². The second-order valence-corrected chi connectivity index (χ2v) is 12.9. The molecule has 3 aromatic carbocycles. The molecular weight excluding hydrogens is 494 g/mol. The summed E-state index contributed by atoms with van der Waals surface area (Å²) in [5, 5.41) is 5.41. The molecule has 0 aromatic heterocycles. The molecule has 0 bridgehead atoms. The van der Waals surface area contributed by atoms with Crippen molar-refractivity contribution >= 4 is 15.7 Å². The zero-order valence-corrected chi connectivity index (χ0v) is 23.6. The lowest BCUT2D eigenvalue weighted by molar-refractivity contribution is 0.0922. The zero-order chi connectivity index (χ0) is 27.3. The van der Waals surface area contributed by atoms with E-state index in [-0.39, 0.29) is 11.4 Å². The maximum atomic E-state index is 13.4. The molecule has 0 saturated heterocycles. The number of nitrogens with one attached hydrogen (secondary N) is 2. The van der Waals surface area contributed by atoms with Gasteiger partial charge in [0.2, 0.25) is 0 Å². The van der Waals surface area contributed by atoms with Crippen LogP contribution in [0.3, 0.4) is 0 Å². The lowest BCUT2D eigenvalue weighted by Crippen LogP contribution is -2.45. The van der Waals surface area contributed by atoms with Crippen molar-refractivity contribution in [2.45, 2.75) is 62.9 Å². The van der Waals surface area contributed by atoms with E-state index < -0.39 is 15.2 Å². The zero-order valence-electron chi connectivity index (χ0n) is 22.8. The molecule has 0 aliphatic carbocycles. The van der Waals surface area contributed by atoms with E-state index in [0.29, 0.717) is 35.5 Å². The lowest BCUT2D eigenvalue weighted by Gasteiger charge is -2.35. The van der Waals surface area contributed by atoms with Crippen LogP contribution in [0.15, 0.2) is 77.7 Å². The molecule has 1 amide bonds. The van der Waals surface area contributed by atoms with Crippen LogP contribution in [0.25, 0.3) is 0 Å². The Morgan fingerprint density at radius 2 is 1.71 bits per heavy atom. The first-order valence-corrected chi connectivity index (χ1v) is 14.9. The number of carbonyl (C=O) groups excluding carboxylic acids is 1. The summed E-state index contributed by atoms with van der Waals surface area (Å²) in [6, 6.07) is 22.8. The number of nitrogens with zero attached hydrogens (tertiary/aromatic N) is 1. The fourth-order valence-corrected chi connectivity index (χ4v) is 6.55. The van der Waals surface area contributed by atoms with E-state index in [1.54, 1.807) is 24.3 Å². The Balaban J connectivity index is 1.44. The molecule has 0 saturated carbocycles. The van der Waals surface area contributed by atoms with Crippen molar-refractivity contribution in [1.82, 2.24) is 15.5 Å². The number of rotatable bonds is 9. The van der Waals surface area contributed by atoms with Gasteiger partial charge in [0.05, 0.1) is 4.90 Å². The summed E-state index contributed by atoms with van der Waals surface area (Å²) in [5.74, 6) is -0.144. The van der Waals surface area contributed by atoms with Gasteiger partial charge in [-0.25, -0.2) is 8.42 Å². The number of benzene rings is 3. The van der Waals surface area contributed by atoms with Gasteiger partial charge in [-0.3, -0.25) is 15.0 Å². The molecule has 1 unspecified atom stereocenters. The molecule has 0 spiro atoms. The molecule has 0 fully saturated rings. The summed E-state index contributed by atoms with van der Waals surface area (Å²) in [6.07, 6.45) is 1.53. The molecule has 6 nitrogen and oxygen atoms in total. The van der Waals surface area contributed by atoms with Gasteiger partial charge in [0.15, 0.2) is 9.84 Å². The van der Waals surface area contributed by atoms with Crippen LogP contribution in [0.4, 0.5) is 0 Å². The van der Waals surface area contributed by atoms with Crippen LogP contribution in [0.5, 0.6) is 0 Å². The third-order valence-corrected chi connectivity index (χ3v) is 9.18. The number of amides is 1. The minimum atomic E-state index is -3.61. The monoisotopic (exact) mass is 533 g/mol. The van der Waals surface area contributed by atoms with Crippen LogP contribution in [0.1, 0.15) is 65.7 Å². The molecule has 4 rings (SSSR count). The van der Waals surface area contributed by atoms with Gasteiger partial charge >= 0.3 is 0 Å². The molecule has 1 heterocycles. The van der Waals surface area contributed by atoms with E-state index in [1.165, 1.54) is 5.56 Å². The molecule has 0 radical (unpaired) electrons. The van der Waals surface area contributed by atoms with Gasteiger partial charge in [-0.2, -0.15) is 0 Å². The minimum absolute atomic E-state index is 0.0449. The highest BCUT2D eigenvalue weighted by atomic mass is 32.2. The Labute approximate surface area is 227 Å². The quantitative estimate of drug-likeness (QED) is 0.409. The van der Waals surface area contributed by atoms with Crippen molar-refractivity contribution in [3.05, 3.63) is 101 Å². The highest BCUT2D eigenvalue weighted by Crippen LogP contribution is 2.32. The van der Waals surface area contributed by atoms with Gasteiger partial charge < -0.3 is 5.32 Å². The molecule has 1 atom stereocenters. The second kappa shape index (κ2) is 11.8. The Kier molecular flexibility index (Phi) is 8.71. The van der Waals surface area contributed by atoms with E-state index in [2.05, 4.69) is 48.4 Å². The standard InChI is InChI=1S/C31H39N3O3S/c1-5-23-11-14-27(15-12-23)38(36,37)30-28-16-13-26(21-25(28)17-18-33-30)29(35)32-19-20-34(31(2,3)4)22-24-9-7-6-8-10-24/h6-16,21,30,33H,5,17-20,22H2,1-4H3,(H,32,35). The number of carbonyl (C=O) groups is 1. The van der Waals surface area contributed by atoms with Gasteiger partial charge in [0, 0.05) is 37.3 Å². The van der Waals surface area contributed by atoms with Crippen LogP contribution >= 0.6 is 0 Å². The largest absolute Gasteiger partial charge is 0.351 e. The highest BCUT2D eigenvalue weighted by molar-refractivity contribution is 7.91. The van der Waals surface area contributed by atoms with Crippen molar-refractivity contribution in [2.75, 3.05) is 19.6 Å². The molecule has 2 N–H and O–H groups in total. The SMILES string of the molecule is CCc1ccc(S(=O)(=O)C2NCCc3cc(C(=O)NCCN(Cc4ccccc4)C(C)(C)C)ccc32)cc1. The van der Waals surface area contributed by atoms with Crippen LogP contribution in [0.2, 0.25) is 0 Å². The van der Waals surface area contributed by atoms with Gasteiger partial charge in [0.1, 0.15) is 5.37 Å². The highest BCUT2D eigenvalue weighted by Gasteiger charge is 2.33. The third-order valence-electron chi connectivity index (χ3n) is 7.21. The van der Waals surface area contributed by atoms with Gasteiger partial charge in [-0.15, -0.1) is 0 Å². The first-order chi connectivity index (χ1) is 18.1. The average Bonchev–Trinajstić information content (AvgIpc) is 2.91. The fraction of sp³-hybridized carbons (Fsp3) is 0.387. The summed E-state index contributed by atoms with van der Waals surface area (Å²) in [7, 11) is -3.61. The summed E-state index contributed by atoms with van der Waals surface area (Å²) < 4.78 is 26.9. The number of sulfone groups is 1. The predicted octanol–water partition coefficient (Wildman–Crippen LogP) is 4.90. The van der Waals surface area contributed by atoms with Crippen LogP contribution in [0, 0.1) is 0 Å². The van der Waals surface area contributed by atoms with E-state index >= 15 is 0 Å². The van der Waals surface area contributed by atoms with Crippen molar-refractivity contribution < 1.29 is 13.2 Å². The summed E-state index contributed by atoms with van der Waals surface area (Å²) in [4.78, 5) is 15.7. The first-order valence-electron chi connectivity index (χ1n) is 13.4. The van der Waals surface area contributed by atoms with E-state index in [1.807, 2.05) is 43.3 Å². The van der Waals surface area contributed by atoms with Crippen LogP contribution in [-0.4, -0.2) is 44.4 Å². The van der Waals surface area contributed by atoms with Gasteiger partial charge in [0.25, 0.3) is 5.91 Å². The number of hydrogen-bond donors (Lipinski definition) is 2. The molecule has 3 aromatic rings. The fourth-order valence-electron chi connectivity index (χ4n) is 4.86. The molecule has 202 valence electrons. The number of fused-ring (bicyclic) bond motifs is 1. The van der Waals surface area contributed by atoms with E-state index in [0.717, 1.165) is 30.6 Å². The van der Waals surface area contributed by atoms with Crippen LogP contribution in [-0.2, 0) is 29.2 Å². The summed E-state index contributed by atoms with van der Waals surface area (Å²) in [6.45, 7) is 11.2. The normalized spacial score (nSPS) is 15.8. The van der Waals surface area contributed by atoms with E-state index in [9.17, 15) is 13.2 Å². The maximum absolute atomic E-state index is 13.4. The summed E-state index contributed by atoms with van der Waals surface area (Å²) >= 11 is 0. The van der Waals surface area contributed by atoms with Crippen molar-refractivity contribution in [3.63, 3.8) is 0 Å². The Hall–Kier alpha value is -3.00. The van der Waals surface area contributed by atoms with Gasteiger partial charge in [-0.05, 0) is 80.1 Å². The van der Waals surface area contributed by atoms with Crippen molar-refractivity contribution in [3.8, 4) is 0 Å². The Bertz CT molecular complexity index is 1350. The Morgan fingerprint density at radius 3 is 2.37 bits per heavy atom. The summed E-state index contributed by atoms with van der Waals surface area (Å²) in [5.41, 5.74) is 4.46. The maximum Gasteiger partial charge on any atom is 0.251 e. The lowest BCUT2D eigenvalue weighted by atomic mass is 9.98. The smallest absolute Gasteiger partial charge is 0.251 e. The topological polar surface area (TPSA) is 78.5 Å². The van der Waals surface area contributed by atoms with Crippen molar-refractivity contribution in [2.24, 2.45) is 0 Å². The molecule has 1 aliphatic rings. The number of hydrogen-bond acceptors (Lipinski definition) is 5. The minimum Gasteiger partial charge on any atom is -0.351 e. The Morgan fingerprint density at radius 1 is 1.00 bits per heavy atom. The first kappa shape index (κ1) is 28.0. The molecule has 1 aliphatic heterocycles. The predicted molar refractivity (Wildman–Crippen MR) is 153 cm³/mol. The number of aryl methyl sites for hydroxylation is 1. The molecular formula is C31H39N3O3S. The second-order valence-electron chi connectivity index (χ2n) is 10.9. The van der Waals surface area contributed by atoms with Crippen LogP contribution < -0.4 is 10.6 Å². The third kappa shape index (κ3) is 6.52. The molecule has 38 heavy (non-hydrogen) atoms. The molecule has 7 heteroatoms. The van der Waals surface area contributed by atoms with E-state index in [4.69, 9.17) is 0 Å².